The van der Waals surface area contributed by atoms with Crippen molar-refractivity contribution in [2.24, 2.45) is 0 Å². The second-order valence-electron chi connectivity index (χ2n) is 5.30. The zero-order valence-corrected chi connectivity index (χ0v) is 12.3. The number of likely N-dealkylation sites (N-methyl/N-ethyl adjacent to an activating group) is 1. The second kappa shape index (κ2) is 9.16. The number of aryl methyl sites for hydroxylation is 1. The zero-order chi connectivity index (χ0) is 13.2. The molecule has 1 aromatic carbocycles. The molecule has 0 aliphatic rings. The second-order valence-corrected chi connectivity index (χ2v) is 5.30. The highest BCUT2D eigenvalue weighted by atomic mass is 14.9. The van der Waals surface area contributed by atoms with Crippen LogP contribution in [0.1, 0.15) is 57.1 Å². The van der Waals surface area contributed by atoms with E-state index in [-0.39, 0.29) is 0 Å². The van der Waals surface area contributed by atoms with E-state index >= 15 is 0 Å². The topological polar surface area (TPSA) is 12.0 Å². The molecule has 102 valence electrons. The highest BCUT2D eigenvalue weighted by Crippen LogP contribution is 2.12. The van der Waals surface area contributed by atoms with Crippen molar-refractivity contribution in [3.63, 3.8) is 0 Å². The predicted octanol–water partition coefficient (Wildman–Crippen LogP) is 4.49. The molecular formula is C17H29N. The number of unbranched alkanes of at least 4 members (excludes halogenated alkanes) is 3. The van der Waals surface area contributed by atoms with E-state index in [0.29, 0.717) is 6.04 Å². The molecule has 0 heterocycles. The maximum absolute atomic E-state index is 3.63. The molecule has 0 radical (unpaired) electrons. The highest BCUT2D eigenvalue weighted by molar-refractivity contribution is 5.22. The molecule has 0 amide bonds. The van der Waals surface area contributed by atoms with Crippen LogP contribution in [0.3, 0.4) is 0 Å². The van der Waals surface area contributed by atoms with E-state index in [4.69, 9.17) is 0 Å². The molecule has 1 nitrogen and oxygen atoms in total. The minimum Gasteiger partial charge on any atom is -0.314 e. The van der Waals surface area contributed by atoms with Crippen LogP contribution in [0.15, 0.2) is 24.3 Å². The SMILES string of the molecule is CCCCCCC(Cc1cccc(C)c1)NCC. The maximum Gasteiger partial charge on any atom is 0.0107 e. The van der Waals surface area contributed by atoms with Gasteiger partial charge in [0.2, 0.25) is 0 Å². The molecule has 0 saturated carbocycles. The molecule has 0 saturated heterocycles. The van der Waals surface area contributed by atoms with Gasteiger partial charge in [0, 0.05) is 6.04 Å². The third-order valence-electron chi connectivity index (χ3n) is 3.46. The van der Waals surface area contributed by atoms with Crippen LogP contribution in [0, 0.1) is 6.92 Å². The van der Waals surface area contributed by atoms with Crippen molar-refractivity contribution in [2.75, 3.05) is 6.54 Å². The fourth-order valence-corrected chi connectivity index (χ4v) is 2.51. The Kier molecular flexibility index (Phi) is 7.75. The number of nitrogens with one attached hydrogen (secondary N) is 1. The minimum absolute atomic E-state index is 0.647. The number of hydrogen-bond acceptors (Lipinski definition) is 1. The lowest BCUT2D eigenvalue weighted by Gasteiger charge is -2.18. The van der Waals surface area contributed by atoms with E-state index in [0.717, 1.165) is 6.54 Å². The first kappa shape index (κ1) is 15.2. The van der Waals surface area contributed by atoms with Gasteiger partial charge in [-0.05, 0) is 31.9 Å². The standard InChI is InChI=1S/C17H29N/c1-4-6-7-8-12-17(18-5-2)14-16-11-9-10-15(3)13-16/h9-11,13,17-18H,4-8,12,14H2,1-3H3. The summed E-state index contributed by atoms with van der Waals surface area (Å²) >= 11 is 0. The fraction of sp³-hybridized carbons (Fsp3) is 0.647. The van der Waals surface area contributed by atoms with Crippen LogP contribution < -0.4 is 5.32 Å². The third-order valence-corrected chi connectivity index (χ3v) is 3.46. The molecule has 1 aromatic rings. The van der Waals surface area contributed by atoms with Gasteiger partial charge in [0.25, 0.3) is 0 Å². The van der Waals surface area contributed by atoms with Crippen LogP contribution in [-0.2, 0) is 6.42 Å². The van der Waals surface area contributed by atoms with Gasteiger partial charge in [-0.2, -0.15) is 0 Å². The number of hydrogen-bond donors (Lipinski definition) is 1. The van der Waals surface area contributed by atoms with Crippen LogP contribution in [0.2, 0.25) is 0 Å². The van der Waals surface area contributed by atoms with E-state index in [1.165, 1.54) is 49.7 Å². The molecule has 18 heavy (non-hydrogen) atoms. The van der Waals surface area contributed by atoms with Crippen LogP contribution >= 0.6 is 0 Å². The molecule has 1 unspecified atom stereocenters. The molecule has 0 bridgehead atoms. The van der Waals surface area contributed by atoms with Gasteiger partial charge in [-0.15, -0.1) is 0 Å². The van der Waals surface area contributed by atoms with E-state index in [2.05, 4.69) is 50.4 Å². The van der Waals surface area contributed by atoms with E-state index in [9.17, 15) is 0 Å². The average Bonchev–Trinajstić information content (AvgIpc) is 2.35. The van der Waals surface area contributed by atoms with Crippen LogP contribution in [0.5, 0.6) is 0 Å². The summed E-state index contributed by atoms with van der Waals surface area (Å²) < 4.78 is 0. The Labute approximate surface area is 113 Å². The Hall–Kier alpha value is -0.820. The van der Waals surface area contributed by atoms with Crippen molar-refractivity contribution in [3.05, 3.63) is 35.4 Å². The van der Waals surface area contributed by atoms with Crippen LogP contribution in [0.4, 0.5) is 0 Å². The van der Waals surface area contributed by atoms with Gasteiger partial charge >= 0.3 is 0 Å². The first-order chi connectivity index (χ1) is 8.76. The summed E-state index contributed by atoms with van der Waals surface area (Å²) in [5.74, 6) is 0. The quantitative estimate of drug-likeness (QED) is 0.634. The fourth-order valence-electron chi connectivity index (χ4n) is 2.51. The van der Waals surface area contributed by atoms with Crippen molar-refractivity contribution < 1.29 is 0 Å². The monoisotopic (exact) mass is 247 g/mol. The van der Waals surface area contributed by atoms with E-state index in [1.807, 2.05) is 0 Å². The summed E-state index contributed by atoms with van der Waals surface area (Å²) in [7, 11) is 0. The lowest BCUT2D eigenvalue weighted by molar-refractivity contribution is 0.463. The summed E-state index contributed by atoms with van der Waals surface area (Å²) in [5.41, 5.74) is 2.84. The Morgan fingerprint density at radius 2 is 1.94 bits per heavy atom. The molecule has 1 atom stereocenters. The molecule has 0 fully saturated rings. The lowest BCUT2D eigenvalue weighted by atomic mass is 9.99. The molecular weight excluding hydrogens is 218 g/mol. The van der Waals surface area contributed by atoms with Crippen LogP contribution in [0.25, 0.3) is 0 Å². The summed E-state index contributed by atoms with van der Waals surface area (Å²) in [6.45, 7) is 7.72. The summed E-state index contributed by atoms with van der Waals surface area (Å²) in [6, 6.07) is 9.56. The molecule has 0 spiro atoms. The Morgan fingerprint density at radius 1 is 1.11 bits per heavy atom. The zero-order valence-electron chi connectivity index (χ0n) is 12.3. The molecule has 0 aromatic heterocycles. The summed E-state index contributed by atoms with van der Waals surface area (Å²) in [6.07, 6.45) is 7.92. The number of rotatable bonds is 9. The Bertz CT molecular complexity index is 319. The highest BCUT2D eigenvalue weighted by Gasteiger charge is 2.08. The minimum atomic E-state index is 0.647. The van der Waals surface area contributed by atoms with Crippen molar-refractivity contribution in [3.8, 4) is 0 Å². The first-order valence-corrected chi connectivity index (χ1v) is 7.55. The van der Waals surface area contributed by atoms with Gasteiger partial charge in [-0.3, -0.25) is 0 Å². The first-order valence-electron chi connectivity index (χ1n) is 7.55. The third kappa shape index (κ3) is 6.20. The summed E-state index contributed by atoms with van der Waals surface area (Å²) in [5, 5.41) is 3.63. The summed E-state index contributed by atoms with van der Waals surface area (Å²) in [4.78, 5) is 0. The average molecular weight is 247 g/mol. The Morgan fingerprint density at radius 3 is 2.61 bits per heavy atom. The molecule has 1 heteroatoms. The van der Waals surface area contributed by atoms with Gasteiger partial charge in [0.1, 0.15) is 0 Å². The van der Waals surface area contributed by atoms with Crippen molar-refractivity contribution in [2.45, 2.75) is 65.3 Å². The molecule has 1 N–H and O–H groups in total. The normalized spacial score (nSPS) is 12.6. The van der Waals surface area contributed by atoms with Gasteiger partial charge in [-0.25, -0.2) is 0 Å². The maximum atomic E-state index is 3.63. The number of benzene rings is 1. The van der Waals surface area contributed by atoms with Gasteiger partial charge in [0.15, 0.2) is 0 Å². The van der Waals surface area contributed by atoms with Gasteiger partial charge in [-0.1, -0.05) is 69.4 Å². The van der Waals surface area contributed by atoms with Crippen molar-refractivity contribution >= 4 is 0 Å². The van der Waals surface area contributed by atoms with Crippen LogP contribution in [-0.4, -0.2) is 12.6 Å². The van der Waals surface area contributed by atoms with Crippen molar-refractivity contribution in [1.82, 2.24) is 5.32 Å². The molecule has 0 aliphatic carbocycles. The largest absolute Gasteiger partial charge is 0.314 e. The van der Waals surface area contributed by atoms with Gasteiger partial charge < -0.3 is 5.32 Å². The predicted molar refractivity (Wildman–Crippen MR) is 81.1 cm³/mol. The van der Waals surface area contributed by atoms with Crippen molar-refractivity contribution in [1.29, 1.82) is 0 Å². The lowest BCUT2D eigenvalue weighted by Crippen LogP contribution is -2.30. The smallest absolute Gasteiger partial charge is 0.0107 e. The van der Waals surface area contributed by atoms with E-state index < -0.39 is 0 Å². The van der Waals surface area contributed by atoms with E-state index in [1.54, 1.807) is 0 Å². The van der Waals surface area contributed by atoms with Gasteiger partial charge in [0.05, 0.1) is 0 Å². The Balaban J connectivity index is 2.41. The molecule has 0 aliphatic heterocycles. The molecule has 1 rings (SSSR count).